The summed E-state index contributed by atoms with van der Waals surface area (Å²) >= 11 is 0. The van der Waals surface area contributed by atoms with Crippen LogP contribution in [0.15, 0.2) is 24.3 Å². The van der Waals surface area contributed by atoms with Gasteiger partial charge < -0.3 is 25.6 Å². The topological polar surface area (TPSA) is 96.0 Å². The maximum Gasteiger partial charge on any atom is 0.240 e. The van der Waals surface area contributed by atoms with Crippen LogP contribution in [0.1, 0.15) is 5.56 Å². The molecule has 2 rings (SSSR count). The van der Waals surface area contributed by atoms with Crippen molar-refractivity contribution in [2.24, 2.45) is 5.73 Å². The number of nitrogens with zero attached hydrogens (tertiary/aromatic N) is 1. The van der Waals surface area contributed by atoms with Crippen LogP contribution in [0.5, 0.6) is 5.75 Å². The number of hydrogen-bond acceptors (Lipinski definition) is 5. The van der Waals surface area contributed by atoms with E-state index in [9.17, 15) is 15.0 Å². The third-order valence-corrected chi connectivity index (χ3v) is 3.43. The largest absolute Gasteiger partial charge is 0.508 e. The van der Waals surface area contributed by atoms with Crippen molar-refractivity contribution < 1.29 is 19.7 Å². The highest BCUT2D eigenvalue weighted by Crippen LogP contribution is 2.13. The maximum absolute atomic E-state index is 12.3. The molecule has 1 aromatic carbocycles. The van der Waals surface area contributed by atoms with Crippen LogP contribution in [0.4, 0.5) is 0 Å². The fraction of sp³-hybridized carbons (Fsp3) is 0.500. The first-order valence-corrected chi connectivity index (χ1v) is 6.64. The monoisotopic (exact) mass is 280 g/mol. The van der Waals surface area contributed by atoms with Crippen molar-refractivity contribution in [2.75, 3.05) is 26.4 Å². The van der Waals surface area contributed by atoms with E-state index in [4.69, 9.17) is 10.5 Å². The molecule has 1 saturated heterocycles. The number of carbonyl (C=O) groups is 1. The molecule has 0 spiro atoms. The molecular formula is C14H20N2O4. The number of rotatable bonds is 4. The predicted molar refractivity (Wildman–Crippen MR) is 73.2 cm³/mol. The number of ether oxygens (including phenoxy) is 1. The van der Waals surface area contributed by atoms with Crippen molar-refractivity contribution in [3.8, 4) is 5.75 Å². The van der Waals surface area contributed by atoms with Crippen molar-refractivity contribution in [1.29, 1.82) is 0 Å². The normalized spacial score (nSPS) is 20.7. The summed E-state index contributed by atoms with van der Waals surface area (Å²) in [5.74, 6) is 0.00240. The van der Waals surface area contributed by atoms with E-state index in [1.165, 1.54) is 0 Å². The summed E-state index contributed by atoms with van der Waals surface area (Å²) < 4.78 is 5.24. The molecule has 20 heavy (non-hydrogen) atoms. The Kier molecular flexibility index (Phi) is 4.94. The minimum Gasteiger partial charge on any atom is -0.508 e. The van der Waals surface area contributed by atoms with Gasteiger partial charge in [0.1, 0.15) is 5.75 Å². The zero-order valence-electron chi connectivity index (χ0n) is 11.2. The van der Waals surface area contributed by atoms with Crippen LogP contribution in [-0.2, 0) is 16.0 Å². The first kappa shape index (κ1) is 14.8. The van der Waals surface area contributed by atoms with Gasteiger partial charge in [-0.05, 0) is 24.1 Å². The molecule has 4 N–H and O–H groups in total. The van der Waals surface area contributed by atoms with Crippen LogP contribution in [0.2, 0.25) is 0 Å². The number of phenolic OH excluding ortho intramolecular Hbond substituents is 1. The lowest BCUT2D eigenvalue weighted by molar-refractivity contribution is -0.143. The van der Waals surface area contributed by atoms with Crippen LogP contribution in [0.3, 0.4) is 0 Å². The van der Waals surface area contributed by atoms with Crippen LogP contribution < -0.4 is 5.73 Å². The number of aromatic hydroxyl groups is 1. The van der Waals surface area contributed by atoms with Crippen molar-refractivity contribution in [2.45, 2.75) is 18.5 Å². The first-order chi connectivity index (χ1) is 9.61. The van der Waals surface area contributed by atoms with E-state index >= 15 is 0 Å². The van der Waals surface area contributed by atoms with Crippen LogP contribution in [0.25, 0.3) is 0 Å². The SMILES string of the molecule is NC(Cc1ccc(O)cc1)C(=O)N1CCOCC1CO. The Morgan fingerprint density at radius 3 is 2.80 bits per heavy atom. The number of aliphatic hydroxyl groups excluding tert-OH is 1. The molecule has 0 aliphatic carbocycles. The van der Waals surface area contributed by atoms with E-state index in [-0.39, 0.29) is 24.3 Å². The van der Waals surface area contributed by atoms with Gasteiger partial charge in [-0.1, -0.05) is 12.1 Å². The molecule has 1 heterocycles. The highest BCUT2D eigenvalue weighted by molar-refractivity contribution is 5.82. The highest BCUT2D eigenvalue weighted by atomic mass is 16.5. The number of aliphatic hydroxyl groups is 1. The Morgan fingerprint density at radius 1 is 1.45 bits per heavy atom. The highest BCUT2D eigenvalue weighted by Gasteiger charge is 2.29. The third-order valence-electron chi connectivity index (χ3n) is 3.43. The molecule has 1 aliphatic heterocycles. The Balaban J connectivity index is 1.98. The van der Waals surface area contributed by atoms with Gasteiger partial charge >= 0.3 is 0 Å². The predicted octanol–water partition coefficient (Wildman–Crippen LogP) is -0.518. The summed E-state index contributed by atoms with van der Waals surface area (Å²) in [5, 5.41) is 18.5. The van der Waals surface area contributed by atoms with E-state index in [2.05, 4.69) is 0 Å². The molecule has 110 valence electrons. The smallest absolute Gasteiger partial charge is 0.240 e. The van der Waals surface area contributed by atoms with Crippen LogP contribution in [-0.4, -0.2) is 59.5 Å². The minimum atomic E-state index is -0.660. The fourth-order valence-electron chi connectivity index (χ4n) is 2.28. The lowest BCUT2D eigenvalue weighted by atomic mass is 10.0. The summed E-state index contributed by atoms with van der Waals surface area (Å²) in [6, 6.07) is 5.64. The second kappa shape index (κ2) is 6.69. The minimum absolute atomic E-state index is 0.127. The molecule has 1 fully saturated rings. The molecule has 0 saturated carbocycles. The molecular weight excluding hydrogens is 260 g/mol. The molecule has 1 aromatic rings. The number of nitrogens with two attached hydrogens (primary N) is 1. The molecule has 0 bridgehead atoms. The second-order valence-corrected chi connectivity index (χ2v) is 4.92. The van der Waals surface area contributed by atoms with Gasteiger partial charge in [0.2, 0.25) is 5.91 Å². The Bertz CT molecular complexity index is 449. The number of benzene rings is 1. The standard InChI is InChI=1S/C14H20N2O4/c15-13(7-10-1-3-12(18)4-2-10)14(19)16-5-6-20-9-11(16)8-17/h1-4,11,13,17-18H,5-9,15H2. The Hall–Kier alpha value is -1.63. The Morgan fingerprint density at radius 2 is 2.15 bits per heavy atom. The van der Waals surface area contributed by atoms with Gasteiger partial charge in [-0.2, -0.15) is 0 Å². The quantitative estimate of drug-likeness (QED) is 0.690. The van der Waals surface area contributed by atoms with E-state index in [0.717, 1.165) is 5.56 Å². The molecule has 6 heteroatoms. The molecule has 0 radical (unpaired) electrons. The summed E-state index contributed by atoms with van der Waals surface area (Å²) in [4.78, 5) is 13.9. The zero-order chi connectivity index (χ0) is 14.5. The lowest BCUT2D eigenvalue weighted by Crippen LogP contribution is -2.55. The molecule has 6 nitrogen and oxygen atoms in total. The number of morpholine rings is 1. The van der Waals surface area contributed by atoms with Gasteiger partial charge in [0.05, 0.1) is 31.9 Å². The summed E-state index contributed by atoms with van der Waals surface area (Å²) in [6.07, 6.45) is 0.397. The molecule has 2 unspecified atom stereocenters. The summed E-state index contributed by atoms with van der Waals surface area (Å²) in [5.41, 5.74) is 6.85. The van der Waals surface area contributed by atoms with E-state index in [1.54, 1.807) is 29.2 Å². The van der Waals surface area contributed by atoms with Gasteiger partial charge in [0.15, 0.2) is 0 Å². The maximum atomic E-state index is 12.3. The van der Waals surface area contributed by atoms with E-state index in [0.29, 0.717) is 26.2 Å². The van der Waals surface area contributed by atoms with Gasteiger partial charge in [-0.3, -0.25) is 4.79 Å². The third kappa shape index (κ3) is 3.47. The molecule has 2 atom stereocenters. The van der Waals surface area contributed by atoms with Gasteiger partial charge in [-0.25, -0.2) is 0 Å². The number of carbonyl (C=O) groups excluding carboxylic acids is 1. The van der Waals surface area contributed by atoms with Crippen LogP contribution in [0, 0.1) is 0 Å². The average Bonchev–Trinajstić information content (AvgIpc) is 2.48. The van der Waals surface area contributed by atoms with Gasteiger partial charge in [-0.15, -0.1) is 0 Å². The fourth-order valence-corrected chi connectivity index (χ4v) is 2.28. The lowest BCUT2D eigenvalue weighted by Gasteiger charge is -2.36. The zero-order valence-corrected chi connectivity index (χ0v) is 11.2. The van der Waals surface area contributed by atoms with Crippen molar-refractivity contribution in [3.05, 3.63) is 29.8 Å². The summed E-state index contributed by atoms with van der Waals surface area (Å²) in [7, 11) is 0. The van der Waals surface area contributed by atoms with E-state index in [1.807, 2.05) is 0 Å². The molecule has 1 aliphatic rings. The van der Waals surface area contributed by atoms with Crippen molar-refractivity contribution in [1.82, 2.24) is 4.90 Å². The number of hydrogen-bond donors (Lipinski definition) is 3. The molecule has 1 amide bonds. The summed E-state index contributed by atoms with van der Waals surface area (Å²) in [6.45, 7) is 1.13. The molecule has 0 aromatic heterocycles. The average molecular weight is 280 g/mol. The van der Waals surface area contributed by atoms with Crippen molar-refractivity contribution >= 4 is 5.91 Å². The van der Waals surface area contributed by atoms with Crippen molar-refractivity contribution in [3.63, 3.8) is 0 Å². The van der Waals surface area contributed by atoms with Gasteiger partial charge in [0, 0.05) is 6.54 Å². The first-order valence-electron chi connectivity index (χ1n) is 6.64. The second-order valence-electron chi connectivity index (χ2n) is 4.92. The van der Waals surface area contributed by atoms with Crippen LogP contribution >= 0.6 is 0 Å². The number of phenols is 1. The number of amides is 1. The Labute approximate surface area is 117 Å². The van der Waals surface area contributed by atoms with E-state index < -0.39 is 6.04 Å². The van der Waals surface area contributed by atoms with Gasteiger partial charge in [0.25, 0.3) is 0 Å².